The third-order valence-electron chi connectivity index (χ3n) is 5.25. The molecule has 154 valence electrons. The van der Waals surface area contributed by atoms with Gasteiger partial charge in [0.15, 0.2) is 6.61 Å². The molecule has 1 amide bonds. The minimum absolute atomic E-state index is 0.158. The lowest BCUT2D eigenvalue weighted by Gasteiger charge is -2.34. The van der Waals surface area contributed by atoms with Gasteiger partial charge in [0.2, 0.25) is 0 Å². The number of carbonyl (C=O) groups excluding carboxylic acids is 2. The monoisotopic (exact) mass is 420 g/mol. The molecule has 0 N–H and O–H groups in total. The number of anilines is 1. The molecule has 1 fully saturated rings. The zero-order valence-corrected chi connectivity index (χ0v) is 17.5. The number of para-hydroxylation sites is 2. The Labute approximate surface area is 180 Å². The molecule has 5 nitrogen and oxygen atoms in total. The van der Waals surface area contributed by atoms with Gasteiger partial charge in [-0.3, -0.25) is 4.79 Å². The number of hydrogen-bond acceptors (Lipinski definition) is 5. The van der Waals surface area contributed by atoms with Gasteiger partial charge in [-0.15, -0.1) is 11.3 Å². The smallest absolute Gasteiger partial charge is 0.331 e. The van der Waals surface area contributed by atoms with Gasteiger partial charge in [-0.1, -0.05) is 49.6 Å². The molecule has 0 atom stereocenters. The largest absolute Gasteiger partial charge is 0.452 e. The number of amides is 1. The fourth-order valence-electron chi connectivity index (χ4n) is 3.84. The van der Waals surface area contributed by atoms with Crippen molar-refractivity contribution < 1.29 is 14.3 Å². The summed E-state index contributed by atoms with van der Waals surface area (Å²) in [5, 5.41) is 0.729. The average Bonchev–Trinajstić information content (AvgIpc) is 3.21. The molecule has 0 spiro atoms. The van der Waals surface area contributed by atoms with E-state index in [0.29, 0.717) is 0 Å². The molecule has 1 aromatic heterocycles. The normalized spacial score (nSPS) is 14.8. The molecule has 0 saturated heterocycles. The summed E-state index contributed by atoms with van der Waals surface area (Å²) in [6.07, 6.45) is 8.36. The summed E-state index contributed by atoms with van der Waals surface area (Å²) in [6.45, 7) is -0.269. The van der Waals surface area contributed by atoms with Crippen LogP contribution in [0.2, 0.25) is 0 Å². The molecule has 1 aliphatic rings. The number of nitrogens with zero attached hydrogens (tertiary/aromatic N) is 2. The van der Waals surface area contributed by atoms with E-state index in [0.717, 1.165) is 46.6 Å². The molecule has 0 radical (unpaired) electrons. The molecule has 2 aromatic carbocycles. The molecule has 4 rings (SSSR count). The second-order valence-electron chi connectivity index (χ2n) is 7.35. The second-order valence-corrected chi connectivity index (χ2v) is 8.41. The van der Waals surface area contributed by atoms with Gasteiger partial charge in [0.05, 0.1) is 10.2 Å². The number of thiazole rings is 1. The summed E-state index contributed by atoms with van der Waals surface area (Å²) in [5.41, 5.74) is 1.76. The SMILES string of the molecule is O=C(/C=C/c1nc2ccccc2s1)OCC(=O)N(c1ccccc1)C1CCCCC1. The van der Waals surface area contributed by atoms with E-state index in [1.54, 1.807) is 6.08 Å². The molecule has 0 aliphatic heterocycles. The maximum Gasteiger partial charge on any atom is 0.331 e. The van der Waals surface area contributed by atoms with Crippen LogP contribution in [0, 0.1) is 0 Å². The summed E-state index contributed by atoms with van der Waals surface area (Å²) < 4.78 is 6.31. The van der Waals surface area contributed by atoms with E-state index < -0.39 is 5.97 Å². The average molecular weight is 421 g/mol. The van der Waals surface area contributed by atoms with Crippen molar-refractivity contribution in [1.82, 2.24) is 4.98 Å². The molecule has 3 aromatic rings. The van der Waals surface area contributed by atoms with Gasteiger partial charge in [0, 0.05) is 17.8 Å². The predicted octanol–water partition coefficient (Wildman–Crippen LogP) is 5.22. The van der Waals surface area contributed by atoms with Crippen LogP contribution in [0.4, 0.5) is 5.69 Å². The number of rotatable bonds is 6. The lowest BCUT2D eigenvalue weighted by Crippen LogP contribution is -2.43. The van der Waals surface area contributed by atoms with Crippen LogP contribution in [-0.4, -0.2) is 29.5 Å². The Morgan fingerprint density at radius 1 is 1.03 bits per heavy atom. The van der Waals surface area contributed by atoms with Gasteiger partial charge in [-0.25, -0.2) is 9.78 Å². The van der Waals surface area contributed by atoms with Crippen molar-refractivity contribution in [3.05, 3.63) is 65.7 Å². The van der Waals surface area contributed by atoms with Gasteiger partial charge in [0.25, 0.3) is 5.91 Å². The maximum absolute atomic E-state index is 13.0. The van der Waals surface area contributed by atoms with E-state index in [-0.39, 0.29) is 18.6 Å². The number of ether oxygens (including phenoxy) is 1. The van der Waals surface area contributed by atoms with Crippen LogP contribution in [0.5, 0.6) is 0 Å². The summed E-state index contributed by atoms with van der Waals surface area (Å²) in [7, 11) is 0. The number of fused-ring (bicyclic) bond motifs is 1. The molecular formula is C24H24N2O3S. The highest BCUT2D eigenvalue weighted by Gasteiger charge is 2.27. The Hall–Kier alpha value is -2.99. The van der Waals surface area contributed by atoms with Crippen LogP contribution in [0.25, 0.3) is 16.3 Å². The van der Waals surface area contributed by atoms with Crippen molar-refractivity contribution >= 4 is 45.2 Å². The number of esters is 1. The van der Waals surface area contributed by atoms with Gasteiger partial charge < -0.3 is 9.64 Å². The molecular weight excluding hydrogens is 396 g/mol. The Balaban J connectivity index is 1.39. The first-order valence-electron chi connectivity index (χ1n) is 10.3. The third kappa shape index (κ3) is 4.94. The number of benzene rings is 2. The highest BCUT2D eigenvalue weighted by atomic mass is 32.1. The number of hydrogen-bond donors (Lipinski definition) is 0. The van der Waals surface area contributed by atoms with E-state index in [4.69, 9.17) is 4.74 Å². The van der Waals surface area contributed by atoms with Gasteiger partial charge in [0.1, 0.15) is 5.01 Å². The van der Waals surface area contributed by atoms with Gasteiger partial charge in [-0.05, 0) is 43.2 Å². The maximum atomic E-state index is 13.0. The van der Waals surface area contributed by atoms with Gasteiger partial charge in [-0.2, -0.15) is 0 Å². The van der Waals surface area contributed by atoms with Crippen molar-refractivity contribution in [2.24, 2.45) is 0 Å². The summed E-state index contributed by atoms with van der Waals surface area (Å²) >= 11 is 1.50. The first-order chi connectivity index (χ1) is 14.7. The first-order valence-corrected chi connectivity index (χ1v) is 11.1. The molecule has 1 saturated carbocycles. The Kier molecular flexibility index (Phi) is 6.54. The van der Waals surface area contributed by atoms with E-state index in [9.17, 15) is 9.59 Å². The minimum atomic E-state index is -0.542. The number of carbonyl (C=O) groups is 2. The summed E-state index contributed by atoms with van der Waals surface area (Å²) in [4.78, 5) is 31.4. The fourth-order valence-corrected chi connectivity index (χ4v) is 4.71. The third-order valence-corrected chi connectivity index (χ3v) is 6.25. The second kappa shape index (κ2) is 9.67. The molecule has 0 bridgehead atoms. The van der Waals surface area contributed by atoms with Crippen molar-refractivity contribution in [2.45, 2.75) is 38.1 Å². The topological polar surface area (TPSA) is 59.5 Å². The number of aromatic nitrogens is 1. The van der Waals surface area contributed by atoms with Crippen molar-refractivity contribution in [3.63, 3.8) is 0 Å². The van der Waals surface area contributed by atoms with Crippen LogP contribution in [0.15, 0.2) is 60.7 Å². The van der Waals surface area contributed by atoms with Gasteiger partial charge >= 0.3 is 5.97 Å². The van der Waals surface area contributed by atoms with Crippen LogP contribution >= 0.6 is 11.3 Å². The molecule has 6 heteroatoms. The Morgan fingerprint density at radius 3 is 2.53 bits per heavy atom. The molecule has 1 heterocycles. The van der Waals surface area contributed by atoms with Crippen LogP contribution in [-0.2, 0) is 14.3 Å². The standard InChI is InChI=1S/C24H24N2O3S/c27-23(26(18-9-3-1-4-10-18)19-11-5-2-6-12-19)17-29-24(28)16-15-22-25-20-13-7-8-14-21(20)30-22/h1,3-4,7-10,13-16,19H,2,5-6,11-12,17H2/b16-15+. The highest BCUT2D eigenvalue weighted by molar-refractivity contribution is 7.19. The minimum Gasteiger partial charge on any atom is -0.452 e. The van der Waals surface area contributed by atoms with E-state index >= 15 is 0 Å². The van der Waals surface area contributed by atoms with E-state index in [1.807, 2.05) is 59.5 Å². The lowest BCUT2D eigenvalue weighted by molar-refractivity contribution is -0.143. The van der Waals surface area contributed by atoms with E-state index in [2.05, 4.69) is 4.98 Å². The summed E-state index contributed by atoms with van der Waals surface area (Å²) in [6, 6.07) is 17.6. The summed E-state index contributed by atoms with van der Waals surface area (Å²) in [5.74, 6) is -0.728. The van der Waals surface area contributed by atoms with Crippen molar-refractivity contribution in [3.8, 4) is 0 Å². The zero-order valence-electron chi connectivity index (χ0n) is 16.7. The quantitative estimate of drug-likeness (QED) is 0.405. The highest BCUT2D eigenvalue weighted by Crippen LogP contribution is 2.27. The Morgan fingerprint density at radius 2 is 1.77 bits per heavy atom. The van der Waals surface area contributed by atoms with E-state index in [1.165, 1.54) is 23.8 Å². The van der Waals surface area contributed by atoms with Crippen molar-refractivity contribution in [1.29, 1.82) is 0 Å². The molecule has 0 unspecified atom stereocenters. The fraction of sp³-hybridized carbons (Fsp3) is 0.292. The lowest BCUT2D eigenvalue weighted by atomic mass is 9.93. The van der Waals surface area contributed by atoms with Crippen LogP contribution in [0.1, 0.15) is 37.1 Å². The molecule has 1 aliphatic carbocycles. The van der Waals surface area contributed by atoms with Crippen LogP contribution < -0.4 is 4.90 Å². The first kappa shape index (κ1) is 20.3. The van der Waals surface area contributed by atoms with Crippen molar-refractivity contribution in [2.75, 3.05) is 11.5 Å². The predicted molar refractivity (Wildman–Crippen MR) is 120 cm³/mol. The molecule has 30 heavy (non-hydrogen) atoms. The zero-order chi connectivity index (χ0) is 20.8. The van der Waals surface area contributed by atoms with Crippen LogP contribution in [0.3, 0.4) is 0 Å². The Bertz CT molecular complexity index is 1010.